The smallest absolute Gasteiger partial charge is 0.222 e. The molecule has 20 heavy (non-hydrogen) atoms. The highest BCUT2D eigenvalue weighted by molar-refractivity contribution is 5.81. The highest BCUT2D eigenvalue weighted by Gasteiger charge is 2.03. The third-order valence-corrected chi connectivity index (χ3v) is 2.90. The fraction of sp³-hybridized carbons (Fsp3) is 0.143. The molecule has 0 fully saturated rings. The SMILES string of the molecule is CC(=O)CNc1ncc(-c2ccc3nc[nH]c3c2)cn1. The van der Waals surface area contributed by atoms with E-state index in [0.717, 1.165) is 22.2 Å². The molecule has 0 radical (unpaired) electrons. The number of aromatic nitrogens is 4. The molecule has 0 unspecified atom stereocenters. The summed E-state index contributed by atoms with van der Waals surface area (Å²) in [5.74, 6) is 0.494. The van der Waals surface area contributed by atoms with E-state index >= 15 is 0 Å². The number of hydrogen-bond acceptors (Lipinski definition) is 5. The number of nitrogens with zero attached hydrogens (tertiary/aromatic N) is 3. The molecular formula is C14H13N5O. The Kier molecular flexibility index (Phi) is 3.12. The van der Waals surface area contributed by atoms with Gasteiger partial charge in [-0.25, -0.2) is 15.0 Å². The second-order valence-corrected chi connectivity index (χ2v) is 4.49. The fourth-order valence-electron chi connectivity index (χ4n) is 1.89. The van der Waals surface area contributed by atoms with Crippen LogP contribution in [0.25, 0.3) is 22.2 Å². The molecule has 3 aromatic rings. The van der Waals surface area contributed by atoms with Gasteiger partial charge in [0.1, 0.15) is 5.78 Å². The first-order valence-electron chi connectivity index (χ1n) is 6.21. The normalized spacial score (nSPS) is 10.7. The van der Waals surface area contributed by atoms with Gasteiger partial charge in [-0.15, -0.1) is 0 Å². The Morgan fingerprint density at radius 3 is 2.75 bits per heavy atom. The minimum absolute atomic E-state index is 0.0439. The minimum Gasteiger partial charge on any atom is -0.347 e. The number of fused-ring (bicyclic) bond motifs is 1. The standard InChI is InChI=1S/C14H13N5O/c1-9(20)5-15-14-16-6-11(7-17-14)10-2-3-12-13(4-10)19-8-18-12/h2-4,6-8H,5H2,1H3,(H,18,19)(H,15,16,17). The monoisotopic (exact) mass is 267 g/mol. The summed E-state index contributed by atoms with van der Waals surface area (Å²) in [6.45, 7) is 1.75. The van der Waals surface area contributed by atoms with Gasteiger partial charge in [0.05, 0.1) is 23.9 Å². The molecule has 3 rings (SSSR count). The van der Waals surface area contributed by atoms with E-state index < -0.39 is 0 Å². The van der Waals surface area contributed by atoms with E-state index in [4.69, 9.17) is 0 Å². The van der Waals surface area contributed by atoms with Crippen LogP contribution in [-0.2, 0) is 4.79 Å². The first-order valence-corrected chi connectivity index (χ1v) is 6.21. The third kappa shape index (κ3) is 2.49. The molecule has 0 amide bonds. The maximum absolute atomic E-state index is 10.9. The first kappa shape index (κ1) is 12.3. The number of hydrogen-bond donors (Lipinski definition) is 2. The van der Waals surface area contributed by atoms with Gasteiger partial charge >= 0.3 is 0 Å². The Bertz CT molecular complexity index is 748. The number of H-pyrrole nitrogens is 1. The van der Waals surface area contributed by atoms with Crippen molar-refractivity contribution in [3.05, 3.63) is 36.9 Å². The van der Waals surface area contributed by atoms with Gasteiger partial charge in [0, 0.05) is 18.0 Å². The van der Waals surface area contributed by atoms with Gasteiger partial charge in [-0.1, -0.05) is 6.07 Å². The number of rotatable bonds is 4. The lowest BCUT2D eigenvalue weighted by Gasteiger charge is -2.04. The lowest BCUT2D eigenvalue weighted by molar-refractivity contribution is -0.115. The number of aromatic amines is 1. The number of carbonyl (C=O) groups is 1. The first-order chi connectivity index (χ1) is 9.72. The molecule has 2 heterocycles. The van der Waals surface area contributed by atoms with Crippen molar-refractivity contribution in [3.63, 3.8) is 0 Å². The molecule has 0 aliphatic heterocycles. The summed E-state index contributed by atoms with van der Waals surface area (Å²) in [5, 5.41) is 2.86. The molecule has 6 nitrogen and oxygen atoms in total. The van der Waals surface area contributed by atoms with Gasteiger partial charge in [-0.3, -0.25) is 4.79 Å². The molecule has 0 aliphatic carbocycles. The van der Waals surface area contributed by atoms with E-state index in [1.807, 2.05) is 18.2 Å². The van der Waals surface area contributed by atoms with E-state index in [9.17, 15) is 4.79 Å². The lowest BCUT2D eigenvalue weighted by Crippen LogP contribution is -2.11. The molecule has 0 bridgehead atoms. The topological polar surface area (TPSA) is 83.6 Å². The molecule has 0 spiro atoms. The van der Waals surface area contributed by atoms with Crippen molar-refractivity contribution in [1.29, 1.82) is 0 Å². The van der Waals surface area contributed by atoms with E-state index in [1.54, 1.807) is 18.7 Å². The van der Waals surface area contributed by atoms with Crippen LogP contribution in [-0.4, -0.2) is 32.3 Å². The summed E-state index contributed by atoms with van der Waals surface area (Å²) < 4.78 is 0. The summed E-state index contributed by atoms with van der Waals surface area (Å²) in [5.41, 5.74) is 3.82. The van der Waals surface area contributed by atoms with Gasteiger partial charge in [0.25, 0.3) is 0 Å². The second kappa shape index (κ2) is 5.08. The van der Waals surface area contributed by atoms with Crippen molar-refractivity contribution >= 4 is 22.8 Å². The number of nitrogens with one attached hydrogen (secondary N) is 2. The van der Waals surface area contributed by atoms with Crippen molar-refractivity contribution in [2.24, 2.45) is 0 Å². The fourth-order valence-corrected chi connectivity index (χ4v) is 1.89. The van der Waals surface area contributed by atoms with Gasteiger partial charge in [0.2, 0.25) is 5.95 Å². The lowest BCUT2D eigenvalue weighted by atomic mass is 10.1. The summed E-state index contributed by atoms with van der Waals surface area (Å²) in [7, 11) is 0. The van der Waals surface area contributed by atoms with E-state index in [1.165, 1.54) is 6.92 Å². The van der Waals surface area contributed by atoms with Crippen molar-refractivity contribution in [1.82, 2.24) is 19.9 Å². The van der Waals surface area contributed by atoms with Crippen LogP contribution in [0.4, 0.5) is 5.95 Å². The van der Waals surface area contributed by atoms with Gasteiger partial charge in [-0.2, -0.15) is 0 Å². The van der Waals surface area contributed by atoms with Gasteiger partial charge in [0.15, 0.2) is 0 Å². The number of carbonyl (C=O) groups excluding carboxylic acids is 1. The number of imidazole rings is 1. The van der Waals surface area contributed by atoms with E-state index in [2.05, 4.69) is 25.3 Å². The van der Waals surface area contributed by atoms with Crippen LogP contribution in [0, 0.1) is 0 Å². The zero-order valence-electron chi connectivity index (χ0n) is 10.9. The Labute approximate surface area is 115 Å². The molecule has 0 saturated heterocycles. The number of anilines is 1. The van der Waals surface area contributed by atoms with Gasteiger partial charge < -0.3 is 10.3 Å². The Morgan fingerprint density at radius 2 is 2.00 bits per heavy atom. The van der Waals surface area contributed by atoms with Crippen molar-refractivity contribution < 1.29 is 4.79 Å². The molecule has 2 N–H and O–H groups in total. The summed E-state index contributed by atoms with van der Waals surface area (Å²) in [6, 6.07) is 5.93. The number of ketones is 1. The summed E-state index contributed by atoms with van der Waals surface area (Å²) >= 11 is 0. The number of Topliss-reactive ketones (excluding diaryl/α,β-unsaturated/α-hetero) is 1. The van der Waals surface area contributed by atoms with E-state index in [-0.39, 0.29) is 12.3 Å². The predicted molar refractivity (Wildman–Crippen MR) is 76.3 cm³/mol. The van der Waals surface area contributed by atoms with Crippen LogP contribution >= 0.6 is 0 Å². The maximum atomic E-state index is 10.9. The van der Waals surface area contributed by atoms with Crippen LogP contribution in [0.1, 0.15) is 6.92 Å². The third-order valence-electron chi connectivity index (χ3n) is 2.90. The second-order valence-electron chi connectivity index (χ2n) is 4.49. The van der Waals surface area contributed by atoms with Crippen LogP contribution in [0.15, 0.2) is 36.9 Å². The Balaban J connectivity index is 1.84. The van der Waals surface area contributed by atoms with Crippen LogP contribution in [0.3, 0.4) is 0 Å². The molecule has 0 atom stereocenters. The highest BCUT2D eigenvalue weighted by atomic mass is 16.1. The van der Waals surface area contributed by atoms with Crippen LogP contribution in [0.5, 0.6) is 0 Å². The van der Waals surface area contributed by atoms with Crippen LogP contribution < -0.4 is 5.32 Å². The average molecular weight is 267 g/mol. The maximum Gasteiger partial charge on any atom is 0.222 e. The molecule has 1 aromatic carbocycles. The average Bonchev–Trinajstić information content (AvgIpc) is 2.93. The predicted octanol–water partition coefficient (Wildman–Crippen LogP) is 2.02. The highest BCUT2D eigenvalue weighted by Crippen LogP contribution is 2.21. The quantitative estimate of drug-likeness (QED) is 0.755. The molecule has 100 valence electrons. The molecule has 0 aliphatic rings. The molecule has 6 heteroatoms. The Hall–Kier alpha value is -2.76. The van der Waals surface area contributed by atoms with Gasteiger partial charge in [-0.05, 0) is 24.6 Å². The molecule has 2 aromatic heterocycles. The minimum atomic E-state index is 0.0439. The molecule has 0 saturated carbocycles. The Morgan fingerprint density at radius 1 is 1.20 bits per heavy atom. The summed E-state index contributed by atoms with van der Waals surface area (Å²) in [6.07, 6.45) is 5.12. The zero-order chi connectivity index (χ0) is 13.9. The number of benzene rings is 1. The largest absolute Gasteiger partial charge is 0.347 e. The van der Waals surface area contributed by atoms with Crippen molar-refractivity contribution in [2.75, 3.05) is 11.9 Å². The van der Waals surface area contributed by atoms with Crippen molar-refractivity contribution in [3.8, 4) is 11.1 Å². The van der Waals surface area contributed by atoms with E-state index in [0.29, 0.717) is 5.95 Å². The van der Waals surface area contributed by atoms with Crippen molar-refractivity contribution in [2.45, 2.75) is 6.92 Å². The van der Waals surface area contributed by atoms with Crippen LogP contribution in [0.2, 0.25) is 0 Å². The zero-order valence-corrected chi connectivity index (χ0v) is 10.9. The molecular weight excluding hydrogens is 254 g/mol. The summed E-state index contributed by atoms with van der Waals surface area (Å²) in [4.78, 5) is 26.5.